The van der Waals surface area contributed by atoms with Gasteiger partial charge in [0.1, 0.15) is 23.1 Å². The molecule has 0 amide bonds. The fourth-order valence-electron chi connectivity index (χ4n) is 5.36. The van der Waals surface area contributed by atoms with Gasteiger partial charge >= 0.3 is 0 Å². The fourth-order valence-corrected chi connectivity index (χ4v) is 6.33. The van der Waals surface area contributed by atoms with Crippen molar-refractivity contribution in [3.05, 3.63) is 42.2 Å². The van der Waals surface area contributed by atoms with Crippen molar-refractivity contribution in [2.45, 2.75) is 51.8 Å². The Balaban J connectivity index is 1.38. The van der Waals surface area contributed by atoms with Crippen molar-refractivity contribution >= 4 is 45.2 Å². The Kier molecular flexibility index (Phi) is 7.66. The van der Waals surface area contributed by atoms with E-state index in [2.05, 4.69) is 52.2 Å². The predicted molar refractivity (Wildman–Crippen MR) is 153 cm³/mol. The molecule has 204 valence electrons. The normalized spacial score (nSPS) is 23.1. The van der Waals surface area contributed by atoms with Gasteiger partial charge in [0.25, 0.3) is 0 Å². The van der Waals surface area contributed by atoms with E-state index in [1.165, 1.54) is 12.5 Å². The van der Waals surface area contributed by atoms with Gasteiger partial charge < -0.3 is 24.8 Å². The molecule has 0 saturated carbocycles. The van der Waals surface area contributed by atoms with Gasteiger partial charge in [-0.2, -0.15) is 4.98 Å². The molecule has 2 aromatic heterocycles. The summed E-state index contributed by atoms with van der Waals surface area (Å²) < 4.78 is 26.7. The molecule has 2 aliphatic heterocycles. The van der Waals surface area contributed by atoms with Crippen LogP contribution in [0, 0.1) is 5.92 Å². The number of nitrogens with one attached hydrogen (secondary N) is 1. The summed E-state index contributed by atoms with van der Waals surface area (Å²) in [6.45, 7) is 10.1. The number of hydrogen-bond donors (Lipinski definition) is 2. The van der Waals surface area contributed by atoms with Gasteiger partial charge in [-0.1, -0.05) is 31.1 Å². The second-order valence-corrected chi connectivity index (χ2v) is 12.8. The smallest absolute Gasteiger partial charge is 0.227 e. The number of rotatable bonds is 8. The van der Waals surface area contributed by atoms with Gasteiger partial charge in [0, 0.05) is 49.0 Å². The van der Waals surface area contributed by atoms with E-state index in [4.69, 9.17) is 4.98 Å². The van der Waals surface area contributed by atoms with Crippen molar-refractivity contribution < 1.29 is 14.0 Å². The first kappa shape index (κ1) is 26.9. The van der Waals surface area contributed by atoms with Crippen molar-refractivity contribution in [2.75, 3.05) is 52.8 Å². The SMILES string of the molecule is CC[S+]([O-])CC1CN(c2ccc(C(C)C)c3cc(Nc4ccnc(N5CC[C@H](O)[C@](C)(F)C5)n4)ncc23)C1. The number of pyridine rings is 1. The van der Waals surface area contributed by atoms with E-state index in [1.807, 2.05) is 13.1 Å². The van der Waals surface area contributed by atoms with E-state index in [0.29, 0.717) is 48.1 Å². The zero-order valence-electron chi connectivity index (χ0n) is 22.5. The number of aliphatic hydroxyl groups excluding tert-OH is 1. The van der Waals surface area contributed by atoms with Crippen LogP contribution in [0.4, 0.5) is 27.7 Å². The summed E-state index contributed by atoms with van der Waals surface area (Å²) in [5.41, 5.74) is 0.697. The summed E-state index contributed by atoms with van der Waals surface area (Å²) in [5, 5.41) is 15.5. The van der Waals surface area contributed by atoms with Gasteiger partial charge in [-0.05, 0) is 55.3 Å². The van der Waals surface area contributed by atoms with Crippen LogP contribution in [-0.4, -0.2) is 74.1 Å². The molecular weight excluding hydrogens is 503 g/mol. The number of aromatic nitrogens is 3. The Morgan fingerprint density at radius 3 is 2.68 bits per heavy atom. The lowest BCUT2D eigenvalue weighted by atomic mass is 9.93. The maximum atomic E-state index is 14.7. The highest BCUT2D eigenvalue weighted by molar-refractivity contribution is 7.91. The Morgan fingerprint density at radius 1 is 1.18 bits per heavy atom. The topological polar surface area (TPSA) is 100 Å². The highest BCUT2D eigenvalue weighted by Gasteiger charge is 2.39. The van der Waals surface area contributed by atoms with Crippen LogP contribution in [0.25, 0.3) is 10.8 Å². The Bertz CT molecular complexity index is 1290. The molecule has 2 aliphatic rings. The zero-order chi connectivity index (χ0) is 27.0. The minimum atomic E-state index is -1.71. The van der Waals surface area contributed by atoms with Gasteiger partial charge in [0.05, 0.1) is 12.6 Å². The third kappa shape index (κ3) is 5.53. The lowest BCUT2D eigenvalue weighted by Crippen LogP contribution is -2.52. The van der Waals surface area contributed by atoms with Crippen molar-refractivity contribution in [2.24, 2.45) is 5.92 Å². The quantitative estimate of drug-likeness (QED) is 0.406. The zero-order valence-corrected chi connectivity index (χ0v) is 23.3. The molecule has 8 nitrogen and oxygen atoms in total. The molecular formula is C28H37FN6O2S. The third-order valence-corrected chi connectivity index (χ3v) is 9.11. The fraction of sp³-hybridized carbons (Fsp3) is 0.536. The van der Waals surface area contributed by atoms with Gasteiger partial charge in [0.2, 0.25) is 5.95 Å². The standard InChI is InChI=1S/C28H37FN6O2S/c1-5-38(37)16-19-14-35(15-19)23-7-6-20(18(2)3)21-12-26(31-13-22(21)23)32-25-8-10-30-27(33-25)34-11-9-24(36)28(4,29)17-34/h6-8,10,12-13,18-19,24,36H,5,9,11,14-17H2,1-4H3,(H,30,31,32,33)/t24-,28+,38?/m0/s1. The summed E-state index contributed by atoms with van der Waals surface area (Å²) in [6.07, 6.45) is 2.91. The first-order chi connectivity index (χ1) is 18.1. The number of alkyl halides is 1. The van der Waals surface area contributed by atoms with E-state index in [0.717, 1.165) is 35.3 Å². The molecule has 0 spiro atoms. The predicted octanol–water partition coefficient (Wildman–Crippen LogP) is 4.40. The Morgan fingerprint density at radius 2 is 1.97 bits per heavy atom. The molecule has 2 saturated heterocycles. The van der Waals surface area contributed by atoms with Crippen molar-refractivity contribution in [3.8, 4) is 0 Å². The lowest BCUT2D eigenvalue weighted by molar-refractivity contribution is -0.00860. The maximum Gasteiger partial charge on any atom is 0.227 e. The Hall–Kier alpha value is -2.69. The molecule has 1 unspecified atom stereocenters. The van der Waals surface area contributed by atoms with Gasteiger partial charge in [-0.25, -0.2) is 14.4 Å². The minimum absolute atomic E-state index is 0.0398. The first-order valence-corrected chi connectivity index (χ1v) is 14.9. The summed E-state index contributed by atoms with van der Waals surface area (Å²) in [6, 6.07) is 8.22. The van der Waals surface area contributed by atoms with Crippen LogP contribution < -0.4 is 15.1 Å². The molecule has 0 radical (unpaired) electrons. The average molecular weight is 541 g/mol. The second-order valence-electron chi connectivity index (χ2n) is 11.0. The molecule has 38 heavy (non-hydrogen) atoms. The van der Waals surface area contributed by atoms with Crippen LogP contribution in [0.3, 0.4) is 0 Å². The molecule has 5 rings (SSSR count). The monoisotopic (exact) mass is 540 g/mol. The number of piperidine rings is 1. The molecule has 0 bridgehead atoms. The molecule has 2 N–H and O–H groups in total. The van der Waals surface area contributed by atoms with E-state index in [1.54, 1.807) is 17.2 Å². The molecule has 3 aromatic rings. The molecule has 2 fully saturated rings. The molecule has 4 heterocycles. The van der Waals surface area contributed by atoms with E-state index in [-0.39, 0.29) is 6.54 Å². The minimum Gasteiger partial charge on any atom is -0.616 e. The number of fused-ring (bicyclic) bond motifs is 1. The maximum absolute atomic E-state index is 14.7. The average Bonchev–Trinajstić information content (AvgIpc) is 2.86. The van der Waals surface area contributed by atoms with Crippen LogP contribution in [-0.2, 0) is 11.2 Å². The van der Waals surface area contributed by atoms with Gasteiger partial charge in [0.15, 0.2) is 5.67 Å². The van der Waals surface area contributed by atoms with Crippen LogP contribution in [0.1, 0.15) is 45.6 Å². The summed E-state index contributed by atoms with van der Waals surface area (Å²) >= 11 is -0.736. The Labute approximate surface area is 226 Å². The summed E-state index contributed by atoms with van der Waals surface area (Å²) in [7, 11) is 0. The molecule has 3 atom stereocenters. The highest BCUT2D eigenvalue weighted by Crippen LogP contribution is 2.37. The van der Waals surface area contributed by atoms with Crippen molar-refractivity contribution in [1.29, 1.82) is 0 Å². The van der Waals surface area contributed by atoms with Gasteiger partial charge in [-0.3, -0.25) is 0 Å². The number of halogens is 1. The number of anilines is 4. The summed E-state index contributed by atoms with van der Waals surface area (Å²) in [5.74, 6) is 3.96. The van der Waals surface area contributed by atoms with Gasteiger partial charge in [-0.15, -0.1) is 0 Å². The van der Waals surface area contributed by atoms with E-state index in [9.17, 15) is 14.0 Å². The molecule has 1 aromatic carbocycles. The van der Waals surface area contributed by atoms with Crippen molar-refractivity contribution in [1.82, 2.24) is 15.0 Å². The van der Waals surface area contributed by atoms with Crippen LogP contribution in [0.2, 0.25) is 0 Å². The molecule has 0 aliphatic carbocycles. The number of aliphatic hydroxyl groups is 1. The van der Waals surface area contributed by atoms with Crippen LogP contribution >= 0.6 is 0 Å². The second kappa shape index (κ2) is 10.8. The first-order valence-electron chi connectivity index (χ1n) is 13.4. The lowest BCUT2D eigenvalue weighted by Gasteiger charge is -2.41. The van der Waals surface area contributed by atoms with Crippen LogP contribution in [0.15, 0.2) is 36.7 Å². The molecule has 10 heteroatoms. The summed E-state index contributed by atoms with van der Waals surface area (Å²) in [4.78, 5) is 17.8. The largest absolute Gasteiger partial charge is 0.616 e. The van der Waals surface area contributed by atoms with E-state index < -0.39 is 22.9 Å². The number of nitrogens with zero attached hydrogens (tertiary/aromatic N) is 5. The highest BCUT2D eigenvalue weighted by atomic mass is 32.2. The number of hydrogen-bond acceptors (Lipinski definition) is 8. The van der Waals surface area contributed by atoms with E-state index >= 15 is 0 Å². The van der Waals surface area contributed by atoms with Crippen LogP contribution in [0.5, 0.6) is 0 Å². The third-order valence-electron chi connectivity index (χ3n) is 7.62. The number of benzene rings is 1. The van der Waals surface area contributed by atoms with Crippen molar-refractivity contribution in [3.63, 3.8) is 0 Å².